The molecule has 1 amide bonds. The van der Waals surface area contributed by atoms with Gasteiger partial charge in [-0.3, -0.25) is 4.79 Å². The molecule has 7 nitrogen and oxygen atoms in total. The zero-order valence-corrected chi connectivity index (χ0v) is 16.4. The van der Waals surface area contributed by atoms with Crippen LogP contribution < -0.4 is 5.32 Å². The largest absolute Gasteiger partial charge is 0.449 e. The molecule has 1 aromatic carbocycles. The number of hydrogen-bond donors (Lipinski definition) is 1. The van der Waals surface area contributed by atoms with E-state index in [9.17, 15) is 22.8 Å². The van der Waals surface area contributed by atoms with Crippen molar-refractivity contribution in [3.05, 3.63) is 53.9 Å². The molecule has 3 aromatic rings. The summed E-state index contributed by atoms with van der Waals surface area (Å²) in [6.45, 7) is 5.26. The number of ether oxygens (including phenoxy) is 1. The second-order valence-electron chi connectivity index (χ2n) is 6.93. The molecule has 0 spiro atoms. The fraction of sp³-hybridized carbons (Fsp3) is 0.300. The van der Waals surface area contributed by atoms with Crippen molar-refractivity contribution in [3.63, 3.8) is 0 Å². The molecule has 158 valence electrons. The molecular weight excluding hydrogens is 401 g/mol. The van der Waals surface area contributed by atoms with Crippen LogP contribution in [-0.4, -0.2) is 32.7 Å². The fourth-order valence-electron chi connectivity index (χ4n) is 2.70. The van der Waals surface area contributed by atoms with Gasteiger partial charge in [0.1, 0.15) is 0 Å². The molecule has 0 radical (unpaired) electrons. The number of aromatic nitrogens is 3. The van der Waals surface area contributed by atoms with Crippen LogP contribution >= 0.6 is 0 Å². The number of amides is 1. The molecule has 10 heteroatoms. The average molecular weight is 420 g/mol. The van der Waals surface area contributed by atoms with E-state index in [-0.39, 0.29) is 17.3 Å². The number of anilines is 1. The molecule has 1 N–H and O–H groups in total. The van der Waals surface area contributed by atoms with Crippen LogP contribution in [0.4, 0.5) is 18.9 Å². The van der Waals surface area contributed by atoms with Crippen LogP contribution in [0.5, 0.6) is 0 Å². The number of halogens is 3. The van der Waals surface area contributed by atoms with Crippen LogP contribution in [0.3, 0.4) is 0 Å². The smallest absolute Gasteiger partial charge is 0.416 e. The summed E-state index contributed by atoms with van der Waals surface area (Å²) < 4.78 is 44.7. The van der Waals surface area contributed by atoms with Crippen molar-refractivity contribution in [2.75, 3.05) is 5.32 Å². The molecule has 2 aromatic heterocycles. The van der Waals surface area contributed by atoms with Gasteiger partial charge in [-0.1, -0.05) is 0 Å². The van der Waals surface area contributed by atoms with Gasteiger partial charge in [-0.05, 0) is 51.1 Å². The number of hydrogen-bond acceptors (Lipinski definition) is 5. The summed E-state index contributed by atoms with van der Waals surface area (Å²) in [6, 6.07) is 5.62. The maximum atomic E-state index is 12.6. The summed E-state index contributed by atoms with van der Waals surface area (Å²) in [4.78, 5) is 28.8. The van der Waals surface area contributed by atoms with Gasteiger partial charge in [-0.25, -0.2) is 14.5 Å². The van der Waals surface area contributed by atoms with Gasteiger partial charge in [0, 0.05) is 23.3 Å². The Hall–Kier alpha value is -3.43. The van der Waals surface area contributed by atoms with Gasteiger partial charge in [0.2, 0.25) is 0 Å². The number of benzene rings is 1. The van der Waals surface area contributed by atoms with Crippen molar-refractivity contribution in [3.8, 4) is 0 Å². The van der Waals surface area contributed by atoms with E-state index in [0.29, 0.717) is 11.0 Å². The third-order valence-corrected chi connectivity index (χ3v) is 4.29. The Morgan fingerprint density at radius 1 is 1.10 bits per heavy atom. The molecule has 0 bridgehead atoms. The Balaban J connectivity index is 1.64. The predicted molar refractivity (Wildman–Crippen MR) is 103 cm³/mol. The highest BCUT2D eigenvalue weighted by molar-refractivity contribution is 5.98. The van der Waals surface area contributed by atoms with Gasteiger partial charge in [0.25, 0.3) is 5.91 Å². The maximum Gasteiger partial charge on any atom is 0.416 e. The summed E-state index contributed by atoms with van der Waals surface area (Å²) in [5.74, 6) is -1.43. The lowest BCUT2D eigenvalue weighted by atomic mass is 10.2. The molecule has 0 aliphatic heterocycles. The van der Waals surface area contributed by atoms with E-state index < -0.39 is 29.7 Å². The van der Waals surface area contributed by atoms with E-state index in [1.807, 2.05) is 13.8 Å². The van der Waals surface area contributed by atoms with Crippen LogP contribution in [0, 0.1) is 0 Å². The first-order valence-corrected chi connectivity index (χ1v) is 9.08. The van der Waals surface area contributed by atoms with Gasteiger partial charge < -0.3 is 10.1 Å². The number of esters is 1. The maximum absolute atomic E-state index is 12.6. The molecule has 1 atom stereocenters. The summed E-state index contributed by atoms with van der Waals surface area (Å²) in [6.07, 6.45) is -2.72. The molecule has 0 saturated carbocycles. The number of carbonyl (C=O) groups excluding carboxylic acids is 2. The second kappa shape index (κ2) is 8.13. The standard InChI is InChI=1S/C20H19F3N4O3/c1-11(2)27-17-13(10-25-27)8-14(9-24-17)19(29)30-12(3)18(28)26-16-6-4-15(5-7-16)20(21,22)23/h4-12H,1-3H3,(H,26,28). The lowest BCUT2D eigenvalue weighted by Crippen LogP contribution is -2.30. The van der Waals surface area contributed by atoms with Crippen molar-refractivity contribution >= 4 is 28.6 Å². The topological polar surface area (TPSA) is 86.1 Å². The molecule has 30 heavy (non-hydrogen) atoms. The van der Waals surface area contributed by atoms with Crippen LogP contribution in [0.25, 0.3) is 11.0 Å². The molecule has 3 rings (SSSR count). The monoisotopic (exact) mass is 420 g/mol. The highest BCUT2D eigenvalue weighted by Crippen LogP contribution is 2.29. The first-order chi connectivity index (χ1) is 14.1. The van der Waals surface area contributed by atoms with E-state index in [4.69, 9.17) is 4.74 Å². The minimum Gasteiger partial charge on any atom is -0.449 e. The number of rotatable bonds is 5. The highest BCUT2D eigenvalue weighted by Gasteiger charge is 2.30. The van der Waals surface area contributed by atoms with Crippen LogP contribution in [0.1, 0.15) is 42.7 Å². The van der Waals surface area contributed by atoms with E-state index in [1.165, 1.54) is 13.1 Å². The van der Waals surface area contributed by atoms with E-state index in [1.54, 1.807) is 16.9 Å². The van der Waals surface area contributed by atoms with E-state index in [0.717, 1.165) is 24.3 Å². The van der Waals surface area contributed by atoms with Crippen molar-refractivity contribution < 1.29 is 27.5 Å². The highest BCUT2D eigenvalue weighted by atomic mass is 19.4. The third kappa shape index (κ3) is 4.58. The van der Waals surface area contributed by atoms with Crippen LogP contribution in [-0.2, 0) is 15.7 Å². The Morgan fingerprint density at radius 3 is 2.37 bits per heavy atom. The Kier molecular flexibility index (Phi) is 5.77. The Morgan fingerprint density at radius 2 is 1.77 bits per heavy atom. The van der Waals surface area contributed by atoms with E-state index in [2.05, 4.69) is 15.4 Å². The normalized spacial score (nSPS) is 12.8. The van der Waals surface area contributed by atoms with Crippen molar-refractivity contribution in [2.24, 2.45) is 0 Å². The molecule has 0 aliphatic carbocycles. The number of alkyl halides is 3. The predicted octanol–water partition coefficient (Wildman–Crippen LogP) is 4.22. The summed E-state index contributed by atoms with van der Waals surface area (Å²) in [7, 11) is 0. The number of nitrogens with one attached hydrogen (secondary N) is 1. The fourth-order valence-corrected chi connectivity index (χ4v) is 2.70. The average Bonchev–Trinajstić information content (AvgIpc) is 3.11. The van der Waals surface area contributed by atoms with Crippen LogP contribution in [0.15, 0.2) is 42.7 Å². The van der Waals surface area contributed by atoms with E-state index >= 15 is 0 Å². The van der Waals surface area contributed by atoms with Crippen molar-refractivity contribution in [1.29, 1.82) is 0 Å². The van der Waals surface area contributed by atoms with Gasteiger partial charge in [-0.15, -0.1) is 0 Å². The molecule has 0 fully saturated rings. The minimum absolute atomic E-state index is 0.0988. The molecule has 0 aliphatic rings. The quantitative estimate of drug-likeness (QED) is 0.625. The first-order valence-electron chi connectivity index (χ1n) is 9.08. The second-order valence-corrected chi connectivity index (χ2v) is 6.93. The number of nitrogens with zero attached hydrogens (tertiary/aromatic N) is 3. The number of carbonyl (C=O) groups is 2. The van der Waals surface area contributed by atoms with Gasteiger partial charge in [-0.2, -0.15) is 18.3 Å². The zero-order chi connectivity index (χ0) is 22.1. The molecule has 0 saturated heterocycles. The lowest BCUT2D eigenvalue weighted by Gasteiger charge is -2.14. The zero-order valence-electron chi connectivity index (χ0n) is 16.4. The van der Waals surface area contributed by atoms with Gasteiger partial charge >= 0.3 is 12.1 Å². The molecular formula is C20H19F3N4O3. The number of pyridine rings is 1. The summed E-state index contributed by atoms with van der Waals surface area (Å²) >= 11 is 0. The summed E-state index contributed by atoms with van der Waals surface area (Å²) in [5.41, 5.74) is 0.0957. The molecule has 2 heterocycles. The van der Waals surface area contributed by atoms with Crippen molar-refractivity contribution in [1.82, 2.24) is 14.8 Å². The first kappa shape index (κ1) is 21.3. The van der Waals surface area contributed by atoms with Gasteiger partial charge in [0.15, 0.2) is 11.8 Å². The lowest BCUT2D eigenvalue weighted by molar-refractivity contribution is -0.137. The Bertz CT molecular complexity index is 1080. The van der Waals surface area contributed by atoms with Gasteiger partial charge in [0.05, 0.1) is 17.3 Å². The SMILES string of the molecule is CC(OC(=O)c1cnc2c(cnn2C(C)C)c1)C(=O)Nc1ccc(C(F)(F)F)cc1. The summed E-state index contributed by atoms with van der Waals surface area (Å²) in [5, 5.41) is 7.28. The molecule has 1 unspecified atom stereocenters. The minimum atomic E-state index is -4.47. The third-order valence-electron chi connectivity index (χ3n) is 4.29. The van der Waals surface area contributed by atoms with Crippen LogP contribution in [0.2, 0.25) is 0 Å². The van der Waals surface area contributed by atoms with Crippen molar-refractivity contribution in [2.45, 2.75) is 39.1 Å². The number of fused-ring (bicyclic) bond motifs is 1. The Labute approximate surface area is 169 Å².